The van der Waals surface area contributed by atoms with Crippen molar-refractivity contribution in [3.63, 3.8) is 0 Å². The summed E-state index contributed by atoms with van der Waals surface area (Å²) in [6.45, 7) is 6.12. The van der Waals surface area contributed by atoms with E-state index in [1.807, 2.05) is 19.6 Å². The molecule has 11 heavy (non-hydrogen) atoms. The van der Waals surface area contributed by atoms with Gasteiger partial charge in [-0.1, -0.05) is 0 Å². The number of hydrogen-bond acceptors (Lipinski definition) is 2. The summed E-state index contributed by atoms with van der Waals surface area (Å²) in [5.74, 6) is -0.833. The first-order valence-electron chi connectivity index (χ1n) is 3.46. The molecule has 0 saturated heterocycles. The highest BCUT2D eigenvalue weighted by atomic mass is 28.4. The van der Waals surface area contributed by atoms with Crippen LogP contribution in [0.25, 0.3) is 0 Å². The Morgan fingerprint density at radius 2 is 2.09 bits per heavy atom. The average Bonchev–Trinajstić information content (AvgIpc) is 1.78. The third kappa shape index (κ3) is 9.23. The van der Waals surface area contributed by atoms with Crippen molar-refractivity contribution in [1.29, 1.82) is 0 Å². The molecule has 0 heterocycles. The molecular weight excluding hydrogens is 160 g/mol. The lowest BCUT2D eigenvalue weighted by atomic mass is 10.4. The molecule has 3 nitrogen and oxygen atoms in total. The van der Waals surface area contributed by atoms with Crippen molar-refractivity contribution in [3.8, 4) is 0 Å². The highest BCUT2D eigenvalue weighted by Gasteiger charge is 2.12. The van der Waals surface area contributed by atoms with Gasteiger partial charge in [0.2, 0.25) is 8.32 Å². The van der Waals surface area contributed by atoms with Crippen molar-refractivity contribution in [2.75, 3.05) is 0 Å². The monoisotopic (exact) mass is 174 g/mol. The minimum atomic E-state index is -1.51. The summed E-state index contributed by atoms with van der Waals surface area (Å²) in [6.07, 6.45) is 3.03. The molecular formula is C7H14O3Si. The molecule has 64 valence electrons. The first-order chi connectivity index (χ1) is 4.92. The van der Waals surface area contributed by atoms with Crippen LogP contribution in [0.3, 0.4) is 0 Å². The van der Waals surface area contributed by atoms with Gasteiger partial charge in [-0.15, -0.1) is 0 Å². The molecule has 0 aliphatic heterocycles. The van der Waals surface area contributed by atoms with Gasteiger partial charge in [0.15, 0.2) is 0 Å². The number of carboxylic acids is 1. The van der Waals surface area contributed by atoms with Gasteiger partial charge in [-0.3, -0.25) is 4.79 Å². The van der Waals surface area contributed by atoms with Crippen LogP contribution in [-0.4, -0.2) is 19.4 Å². The molecule has 0 saturated carbocycles. The summed E-state index contributed by atoms with van der Waals surface area (Å²) in [5.41, 5.74) is 0. The zero-order valence-corrected chi connectivity index (χ0v) is 8.13. The van der Waals surface area contributed by atoms with Crippen molar-refractivity contribution in [3.05, 3.63) is 12.3 Å². The van der Waals surface area contributed by atoms with Gasteiger partial charge in [0.1, 0.15) is 0 Å². The zero-order valence-electron chi connectivity index (χ0n) is 7.13. The fourth-order valence-corrected chi connectivity index (χ4v) is 0.906. The smallest absolute Gasteiger partial charge is 0.307 e. The van der Waals surface area contributed by atoms with Gasteiger partial charge in [-0.25, -0.2) is 0 Å². The molecule has 0 atom stereocenters. The number of carbonyl (C=O) groups is 1. The van der Waals surface area contributed by atoms with Gasteiger partial charge in [0.25, 0.3) is 0 Å². The van der Waals surface area contributed by atoms with Gasteiger partial charge in [-0.2, -0.15) is 0 Å². The quantitative estimate of drug-likeness (QED) is 0.522. The Morgan fingerprint density at radius 1 is 1.55 bits per heavy atom. The maximum absolute atomic E-state index is 10.0. The first-order valence-corrected chi connectivity index (χ1v) is 6.87. The molecule has 0 fully saturated rings. The summed E-state index contributed by atoms with van der Waals surface area (Å²) in [6, 6.07) is 0. The van der Waals surface area contributed by atoms with Crippen LogP contribution in [-0.2, 0) is 9.22 Å². The van der Waals surface area contributed by atoms with Crippen LogP contribution in [0.1, 0.15) is 6.42 Å². The van der Waals surface area contributed by atoms with E-state index in [1.165, 1.54) is 12.3 Å². The molecule has 0 radical (unpaired) electrons. The molecule has 0 unspecified atom stereocenters. The van der Waals surface area contributed by atoms with Gasteiger partial charge in [-0.05, 0) is 25.7 Å². The lowest BCUT2D eigenvalue weighted by Crippen LogP contribution is -2.21. The fourth-order valence-electron chi connectivity index (χ4n) is 0.401. The van der Waals surface area contributed by atoms with Crippen LogP contribution >= 0.6 is 0 Å². The normalized spacial score (nSPS) is 11.9. The number of carboxylic acid groups (broad SMARTS) is 1. The molecule has 0 spiro atoms. The SMILES string of the molecule is C[Si](C)(C)O/C=C/CC(=O)O. The van der Waals surface area contributed by atoms with E-state index in [4.69, 9.17) is 9.53 Å². The van der Waals surface area contributed by atoms with Crippen LogP contribution < -0.4 is 0 Å². The number of rotatable bonds is 4. The molecule has 0 aliphatic carbocycles. The van der Waals surface area contributed by atoms with Crippen molar-refractivity contribution in [2.24, 2.45) is 0 Å². The van der Waals surface area contributed by atoms with Crippen LogP contribution in [0.15, 0.2) is 12.3 Å². The molecule has 0 aliphatic rings. The van der Waals surface area contributed by atoms with Crippen molar-refractivity contribution >= 4 is 14.3 Å². The summed E-state index contributed by atoms with van der Waals surface area (Å²) >= 11 is 0. The zero-order chi connectivity index (χ0) is 8.91. The van der Waals surface area contributed by atoms with Gasteiger partial charge >= 0.3 is 5.97 Å². The van der Waals surface area contributed by atoms with E-state index in [0.717, 1.165) is 0 Å². The summed E-state index contributed by atoms with van der Waals surface area (Å²) < 4.78 is 5.27. The van der Waals surface area contributed by atoms with E-state index in [2.05, 4.69) is 0 Å². The van der Waals surface area contributed by atoms with Gasteiger partial charge in [0, 0.05) is 0 Å². The Kier molecular flexibility index (Phi) is 3.88. The molecule has 0 amide bonds. The van der Waals surface area contributed by atoms with Gasteiger partial charge < -0.3 is 9.53 Å². The van der Waals surface area contributed by atoms with Crippen LogP contribution in [0.2, 0.25) is 19.6 Å². The predicted octanol–water partition coefficient (Wildman–Crippen LogP) is 1.83. The molecule has 0 aromatic heterocycles. The lowest BCUT2D eigenvalue weighted by molar-refractivity contribution is -0.136. The Labute approximate surface area is 67.8 Å². The number of aliphatic carboxylic acids is 1. The Balaban J connectivity index is 3.53. The van der Waals surface area contributed by atoms with Crippen molar-refractivity contribution in [2.45, 2.75) is 26.1 Å². The second-order valence-electron chi connectivity index (χ2n) is 3.20. The molecule has 0 rings (SSSR count). The van der Waals surface area contributed by atoms with E-state index < -0.39 is 14.3 Å². The van der Waals surface area contributed by atoms with Crippen LogP contribution in [0.4, 0.5) is 0 Å². The topological polar surface area (TPSA) is 46.5 Å². The minimum Gasteiger partial charge on any atom is -0.550 e. The van der Waals surface area contributed by atoms with E-state index in [0.29, 0.717) is 0 Å². The second kappa shape index (κ2) is 4.18. The summed E-state index contributed by atoms with van der Waals surface area (Å²) in [7, 11) is -1.51. The molecule has 0 bridgehead atoms. The van der Waals surface area contributed by atoms with Gasteiger partial charge in [0.05, 0.1) is 12.7 Å². The largest absolute Gasteiger partial charge is 0.550 e. The van der Waals surface area contributed by atoms with E-state index in [-0.39, 0.29) is 6.42 Å². The Hall–Kier alpha value is -0.773. The summed E-state index contributed by atoms with van der Waals surface area (Å²) in [5, 5.41) is 8.25. The highest BCUT2D eigenvalue weighted by molar-refractivity contribution is 6.69. The maximum Gasteiger partial charge on any atom is 0.307 e. The Bertz CT molecular complexity index is 158. The first kappa shape index (κ1) is 10.2. The third-order valence-corrected chi connectivity index (χ3v) is 1.65. The minimum absolute atomic E-state index is 0.0322. The second-order valence-corrected chi connectivity index (χ2v) is 7.66. The van der Waals surface area contributed by atoms with E-state index in [1.54, 1.807) is 0 Å². The molecule has 4 heteroatoms. The molecule has 1 N–H and O–H groups in total. The van der Waals surface area contributed by atoms with E-state index >= 15 is 0 Å². The van der Waals surface area contributed by atoms with E-state index in [9.17, 15) is 4.79 Å². The fraction of sp³-hybridized carbons (Fsp3) is 0.571. The third-order valence-electron chi connectivity index (χ3n) is 0.810. The maximum atomic E-state index is 10.0. The average molecular weight is 174 g/mol. The van der Waals surface area contributed by atoms with Crippen LogP contribution in [0.5, 0.6) is 0 Å². The van der Waals surface area contributed by atoms with Crippen LogP contribution in [0, 0.1) is 0 Å². The summed E-state index contributed by atoms with van der Waals surface area (Å²) in [4.78, 5) is 10.0. The molecule has 0 aromatic rings. The van der Waals surface area contributed by atoms with Crippen molar-refractivity contribution in [1.82, 2.24) is 0 Å². The Morgan fingerprint density at radius 3 is 2.45 bits per heavy atom. The lowest BCUT2D eigenvalue weighted by Gasteiger charge is -2.14. The van der Waals surface area contributed by atoms with Crippen molar-refractivity contribution < 1.29 is 14.3 Å². The highest BCUT2D eigenvalue weighted by Crippen LogP contribution is 2.02. The molecule has 0 aromatic carbocycles. The number of hydrogen-bond donors (Lipinski definition) is 1. The standard InChI is InChI=1S/C7H14O3Si/c1-11(2,3)10-6-4-5-7(8)9/h4,6H,5H2,1-3H3,(H,8,9)/b6-4+. The predicted molar refractivity (Wildman–Crippen MR) is 45.8 cm³/mol.